The van der Waals surface area contributed by atoms with Crippen molar-refractivity contribution in [2.24, 2.45) is 11.7 Å². The van der Waals surface area contributed by atoms with Crippen LogP contribution in [0.5, 0.6) is 5.75 Å². The van der Waals surface area contributed by atoms with E-state index in [1.807, 2.05) is 13.8 Å². The molecule has 1 aromatic carbocycles. The largest absolute Gasteiger partial charge is 0.433 e. The Balaban J connectivity index is 2.20. The summed E-state index contributed by atoms with van der Waals surface area (Å²) in [5.74, 6) is -0.672. The first-order valence-corrected chi connectivity index (χ1v) is 9.03. The summed E-state index contributed by atoms with van der Waals surface area (Å²) in [6.07, 6.45) is 0. The minimum absolute atomic E-state index is 0.0456. The van der Waals surface area contributed by atoms with Crippen LogP contribution in [0, 0.1) is 5.92 Å². The predicted molar refractivity (Wildman–Crippen MR) is 101 cm³/mol. The maximum absolute atomic E-state index is 12.9. The Bertz CT molecular complexity index is 688. The number of hydrogen-bond donors (Lipinski definition) is 3. The highest BCUT2D eigenvalue weighted by Crippen LogP contribution is 2.32. The number of carbonyl (C=O) groups is 2. The Morgan fingerprint density at radius 2 is 2.14 bits per heavy atom. The Kier molecular flexibility index (Phi) is 8.09. The van der Waals surface area contributed by atoms with Crippen molar-refractivity contribution in [3.63, 3.8) is 0 Å². The van der Waals surface area contributed by atoms with Crippen LogP contribution in [0.25, 0.3) is 0 Å². The predicted octanol–water partition coefficient (Wildman–Crippen LogP) is 1.16. The number of hydrogen-bond acceptors (Lipinski definition) is 6. The zero-order chi connectivity index (χ0) is 20.7. The summed E-state index contributed by atoms with van der Waals surface area (Å²) >= 11 is 0. The molecule has 1 aliphatic rings. The van der Waals surface area contributed by atoms with E-state index >= 15 is 0 Å². The maximum atomic E-state index is 12.9. The molecule has 0 radical (unpaired) electrons. The van der Waals surface area contributed by atoms with Crippen molar-refractivity contribution in [3.05, 3.63) is 18.2 Å². The van der Waals surface area contributed by atoms with E-state index in [1.54, 1.807) is 6.07 Å². The zero-order valence-corrected chi connectivity index (χ0v) is 15.9. The standard InChI is InChI=1S/C18H26F2N4O4/c1-11(2)9-22-14(8-21)17(26)23-13-4-3-12(7-15(13)28-18(19)20)24-5-6-27-10-16(24)25/h3-4,7,11,14,18,22H,5-6,8-10,21H2,1-2H3,(H,23,26)/t14-/m1/s1. The lowest BCUT2D eigenvalue weighted by Gasteiger charge is -2.27. The van der Waals surface area contributed by atoms with Crippen molar-refractivity contribution in [1.29, 1.82) is 0 Å². The maximum Gasteiger partial charge on any atom is 0.387 e. The quantitative estimate of drug-likeness (QED) is 0.575. The monoisotopic (exact) mass is 400 g/mol. The van der Waals surface area contributed by atoms with Crippen LogP contribution in [-0.4, -0.2) is 57.3 Å². The first-order chi connectivity index (χ1) is 13.3. The number of alkyl halides is 2. The average Bonchev–Trinajstić information content (AvgIpc) is 2.63. The molecule has 0 aliphatic carbocycles. The molecular formula is C18H26F2N4O4. The van der Waals surface area contributed by atoms with Gasteiger partial charge < -0.3 is 30.7 Å². The third kappa shape index (κ3) is 6.11. The molecule has 1 aromatic rings. The average molecular weight is 400 g/mol. The highest BCUT2D eigenvalue weighted by molar-refractivity contribution is 5.98. The molecule has 2 rings (SSSR count). The lowest BCUT2D eigenvalue weighted by atomic mass is 10.2. The van der Waals surface area contributed by atoms with Gasteiger partial charge in [-0.05, 0) is 24.6 Å². The first kappa shape index (κ1) is 22.0. The number of nitrogens with one attached hydrogen (secondary N) is 2. The van der Waals surface area contributed by atoms with Crippen molar-refractivity contribution in [3.8, 4) is 5.75 Å². The van der Waals surface area contributed by atoms with Crippen LogP contribution >= 0.6 is 0 Å². The lowest BCUT2D eigenvalue weighted by molar-refractivity contribution is -0.125. The molecule has 8 nitrogen and oxygen atoms in total. The Morgan fingerprint density at radius 3 is 2.75 bits per heavy atom. The molecule has 156 valence electrons. The second kappa shape index (κ2) is 10.3. The summed E-state index contributed by atoms with van der Waals surface area (Å²) in [4.78, 5) is 25.8. The molecule has 2 amide bonds. The fourth-order valence-electron chi connectivity index (χ4n) is 2.65. The Labute approximate surface area is 162 Å². The summed E-state index contributed by atoms with van der Waals surface area (Å²) in [6.45, 7) is 2.07. The highest BCUT2D eigenvalue weighted by Gasteiger charge is 2.23. The third-order valence-electron chi connectivity index (χ3n) is 4.06. The molecule has 0 bridgehead atoms. The van der Waals surface area contributed by atoms with E-state index in [0.29, 0.717) is 31.3 Å². The van der Waals surface area contributed by atoms with E-state index in [0.717, 1.165) is 0 Å². The SMILES string of the molecule is CC(C)CN[C@H](CN)C(=O)Nc1ccc(N2CCOCC2=O)cc1OC(F)F. The third-order valence-corrected chi connectivity index (χ3v) is 4.06. The van der Waals surface area contributed by atoms with E-state index in [9.17, 15) is 18.4 Å². The van der Waals surface area contributed by atoms with Crippen LogP contribution in [0.15, 0.2) is 18.2 Å². The number of rotatable bonds is 9. The fourth-order valence-corrected chi connectivity index (χ4v) is 2.65. The van der Waals surface area contributed by atoms with Gasteiger partial charge in [0, 0.05) is 24.8 Å². The minimum atomic E-state index is -3.09. The van der Waals surface area contributed by atoms with Crippen LogP contribution < -0.4 is 26.0 Å². The Morgan fingerprint density at radius 1 is 1.39 bits per heavy atom. The van der Waals surface area contributed by atoms with Gasteiger partial charge in [0.25, 0.3) is 5.91 Å². The van der Waals surface area contributed by atoms with E-state index in [-0.39, 0.29) is 30.5 Å². The number of ether oxygens (including phenoxy) is 2. The van der Waals surface area contributed by atoms with Crippen molar-refractivity contribution >= 4 is 23.2 Å². The van der Waals surface area contributed by atoms with Gasteiger partial charge in [-0.3, -0.25) is 9.59 Å². The molecule has 1 fully saturated rings. The van der Waals surface area contributed by atoms with Gasteiger partial charge >= 0.3 is 6.61 Å². The van der Waals surface area contributed by atoms with Crippen LogP contribution in [0.3, 0.4) is 0 Å². The molecule has 1 heterocycles. The van der Waals surface area contributed by atoms with Crippen molar-refractivity contribution in [1.82, 2.24) is 5.32 Å². The molecule has 1 aliphatic heterocycles. The second-order valence-electron chi connectivity index (χ2n) is 6.74. The zero-order valence-electron chi connectivity index (χ0n) is 15.9. The van der Waals surface area contributed by atoms with Crippen LogP contribution in [0.2, 0.25) is 0 Å². The number of amides is 2. The van der Waals surface area contributed by atoms with Gasteiger partial charge in [0.2, 0.25) is 5.91 Å². The number of morpholine rings is 1. The van der Waals surface area contributed by atoms with E-state index < -0.39 is 18.6 Å². The molecule has 10 heteroatoms. The molecule has 1 saturated heterocycles. The molecule has 28 heavy (non-hydrogen) atoms. The highest BCUT2D eigenvalue weighted by atomic mass is 19.3. The molecule has 0 saturated carbocycles. The van der Waals surface area contributed by atoms with E-state index in [2.05, 4.69) is 15.4 Å². The van der Waals surface area contributed by atoms with Gasteiger partial charge in [0.05, 0.1) is 18.3 Å². The minimum Gasteiger partial charge on any atom is -0.433 e. The normalized spacial score (nSPS) is 15.8. The lowest BCUT2D eigenvalue weighted by Crippen LogP contribution is -2.47. The number of nitrogens with zero attached hydrogens (tertiary/aromatic N) is 1. The molecular weight excluding hydrogens is 374 g/mol. The van der Waals surface area contributed by atoms with Crippen molar-refractivity contribution in [2.45, 2.75) is 26.5 Å². The summed E-state index contributed by atoms with van der Waals surface area (Å²) in [5, 5.41) is 5.59. The smallest absolute Gasteiger partial charge is 0.387 e. The summed E-state index contributed by atoms with van der Waals surface area (Å²) in [7, 11) is 0. The number of anilines is 2. The number of nitrogens with two attached hydrogens (primary N) is 1. The van der Waals surface area contributed by atoms with Crippen molar-refractivity contribution < 1.29 is 27.8 Å². The molecule has 4 N–H and O–H groups in total. The van der Waals surface area contributed by atoms with Gasteiger partial charge in [-0.2, -0.15) is 8.78 Å². The molecule has 0 unspecified atom stereocenters. The number of carbonyl (C=O) groups excluding carboxylic acids is 2. The molecule has 0 aromatic heterocycles. The Hall–Kier alpha value is -2.30. The summed E-state index contributed by atoms with van der Waals surface area (Å²) < 4.78 is 35.3. The van der Waals surface area contributed by atoms with Crippen LogP contribution in [0.1, 0.15) is 13.8 Å². The van der Waals surface area contributed by atoms with Gasteiger partial charge in [-0.25, -0.2) is 0 Å². The molecule has 1 atom stereocenters. The van der Waals surface area contributed by atoms with Gasteiger partial charge in [-0.1, -0.05) is 13.8 Å². The summed E-state index contributed by atoms with van der Waals surface area (Å²) in [5.41, 5.74) is 6.09. The number of benzene rings is 1. The first-order valence-electron chi connectivity index (χ1n) is 9.03. The second-order valence-corrected chi connectivity index (χ2v) is 6.74. The fraction of sp³-hybridized carbons (Fsp3) is 0.556. The van der Waals surface area contributed by atoms with Crippen LogP contribution in [-0.2, 0) is 14.3 Å². The van der Waals surface area contributed by atoms with Gasteiger partial charge in [0.15, 0.2) is 5.75 Å². The molecule has 0 spiro atoms. The van der Waals surface area contributed by atoms with Crippen molar-refractivity contribution in [2.75, 3.05) is 43.1 Å². The summed E-state index contributed by atoms with van der Waals surface area (Å²) in [6, 6.07) is 3.59. The van der Waals surface area contributed by atoms with Crippen LogP contribution in [0.4, 0.5) is 20.2 Å². The van der Waals surface area contributed by atoms with Gasteiger partial charge in [-0.15, -0.1) is 0 Å². The number of halogens is 2. The van der Waals surface area contributed by atoms with E-state index in [1.165, 1.54) is 17.0 Å². The topological polar surface area (TPSA) is 106 Å². The van der Waals surface area contributed by atoms with E-state index in [4.69, 9.17) is 10.5 Å². The van der Waals surface area contributed by atoms with Gasteiger partial charge in [0.1, 0.15) is 6.61 Å².